The Morgan fingerprint density at radius 3 is 2.67 bits per heavy atom. The van der Waals surface area contributed by atoms with Crippen molar-refractivity contribution in [3.05, 3.63) is 59.0 Å². The van der Waals surface area contributed by atoms with Crippen molar-refractivity contribution in [3.8, 4) is 11.4 Å². The van der Waals surface area contributed by atoms with E-state index >= 15 is 0 Å². The number of halogens is 2. The van der Waals surface area contributed by atoms with Crippen LogP contribution in [0.1, 0.15) is 10.4 Å². The van der Waals surface area contributed by atoms with Gasteiger partial charge in [-0.15, -0.1) is 0 Å². The Hall–Kier alpha value is -2.53. The minimum Gasteiger partial charge on any atom is -0.478 e. The van der Waals surface area contributed by atoms with Crippen LogP contribution in [0.15, 0.2) is 42.6 Å². The van der Waals surface area contributed by atoms with E-state index in [2.05, 4.69) is 9.97 Å². The molecule has 0 aliphatic carbocycles. The molecule has 21 heavy (non-hydrogen) atoms. The molecule has 1 aromatic carbocycles. The number of aromatic carboxylic acids is 1. The fraction of sp³-hybridized carbons (Fsp3) is 0. The Bertz CT molecular complexity index is 850. The average Bonchev–Trinajstić information content (AvgIpc) is 2.47. The molecule has 0 aliphatic heterocycles. The van der Waals surface area contributed by atoms with Gasteiger partial charge in [0.2, 0.25) is 0 Å². The van der Waals surface area contributed by atoms with Crippen molar-refractivity contribution in [2.24, 2.45) is 0 Å². The van der Waals surface area contributed by atoms with Gasteiger partial charge in [0, 0.05) is 5.39 Å². The van der Waals surface area contributed by atoms with E-state index in [9.17, 15) is 14.3 Å². The molecule has 3 rings (SSSR count). The number of hydrogen-bond acceptors (Lipinski definition) is 3. The molecular formula is C15H8ClFN2O2. The number of carbonyl (C=O) groups is 1. The highest BCUT2D eigenvalue weighted by Gasteiger charge is 2.15. The Morgan fingerprint density at radius 2 is 2.00 bits per heavy atom. The maximum Gasteiger partial charge on any atom is 0.336 e. The third kappa shape index (κ3) is 2.43. The first-order chi connectivity index (χ1) is 10.1. The van der Waals surface area contributed by atoms with Gasteiger partial charge in [-0.25, -0.2) is 14.2 Å². The maximum atomic E-state index is 12.9. The lowest BCUT2D eigenvalue weighted by Gasteiger charge is -2.07. The Morgan fingerprint density at radius 1 is 1.19 bits per heavy atom. The van der Waals surface area contributed by atoms with Crippen molar-refractivity contribution in [1.82, 2.24) is 9.97 Å². The van der Waals surface area contributed by atoms with Crippen LogP contribution >= 0.6 is 11.6 Å². The molecule has 1 N–H and O–H groups in total. The molecule has 104 valence electrons. The molecule has 2 heterocycles. The Balaban J connectivity index is 2.32. The highest BCUT2D eigenvalue weighted by atomic mass is 35.5. The summed E-state index contributed by atoms with van der Waals surface area (Å²) < 4.78 is 12.9. The lowest BCUT2D eigenvalue weighted by molar-refractivity contribution is 0.0699. The minimum atomic E-state index is -1.09. The van der Waals surface area contributed by atoms with Crippen LogP contribution in [0, 0.1) is 5.82 Å². The van der Waals surface area contributed by atoms with Crippen molar-refractivity contribution in [1.29, 1.82) is 0 Å². The number of carboxylic acids is 1. The van der Waals surface area contributed by atoms with Crippen LogP contribution in [-0.4, -0.2) is 21.0 Å². The highest BCUT2D eigenvalue weighted by Crippen LogP contribution is 2.28. The molecular weight excluding hydrogens is 295 g/mol. The summed E-state index contributed by atoms with van der Waals surface area (Å²) in [4.78, 5) is 19.7. The summed E-state index contributed by atoms with van der Waals surface area (Å²) in [6, 6.07) is 9.01. The number of para-hydroxylation sites is 1. The number of hydrogen-bond donors (Lipinski definition) is 1. The second-order valence-corrected chi connectivity index (χ2v) is 4.77. The molecule has 0 amide bonds. The van der Waals surface area contributed by atoms with E-state index in [-0.39, 0.29) is 5.56 Å². The Kier molecular flexibility index (Phi) is 3.27. The van der Waals surface area contributed by atoms with Crippen LogP contribution < -0.4 is 0 Å². The fourth-order valence-corrected chi connectivity index (χ4v) is 2.27. The van der Waals surface area contributed by atoms with E-state index in [4.69, 9.17) is 11.6 Å². The first kappa shape index (κ1) is 13.5. The molecule has 0 aliphatic rings. The number of aromatic nitrogens is 2. The molecule has 3 aromatic rings. The molecule has 0 bridgehead atoms. The highest BCUT2D eigenvalue weighted by molar-refractivity contribution is 6.35. The first-order valence-corrected chi connectivity index (χ1v) is 6.38. The normalized spacial score (nSPS) is 10.8. The second kappa shape index (κ2) is 5.10. The fourth-order valence-electron chi connectivity index (χ4n) is 2.05. The van der Waals surface area contributed by atoms with Crippen molar-refractivity contribution in [3.63, 3.8) is 0 Å². The Labute approximate surface area is 123 Å². The molecule has 4 nitrogen and oxygen atoms in total. The summed E-state index contributed by atoms with van der Waals surface area (Å²) >= 11 is 6.08. The summed E-state index contributed by atoms with van der Waals surface area (Å²) in [5.74, 6) is -1.57. The van der Waals surface area contributed by atoms with Crippen LogP contribution in [0.2, 0.25) is 5.02 Å². The number of carboxylic acid groups (broad SMARTS) is 1. The topological polar surface area (TPSA) is 63.1 Å². The van der Waals surface area contributed by atoms with E-state index < -0.39 is 11.8 Å². The van der Waals surface area contributed by atoms with E-state index in [0.29, 0.717) is 27.3 Å². The first-order valence-electron chi connectivity index (χ1n) is 6.01. The monoisotopic (exact) mass is 302 g/mol. The molecule has 0 spiro atoms. The van der Waals surface area contributed by atoms with Crippen LogP contribution in [0.5, 0.6) is 0 Å². The van der Waals surface area contributed by atoms with E-state index in [1.807, 2.05) is 0 Å². The van der Waals surface area contributed by atoms with Gasteiger partial charge in [-0.2, -0.15) is 0 Å². The summed E-state index contributed by atoms with van der Waals surface area (Å²) in [7, 11) is 0. The zero-order valence-electron chi connectivity index (χ0n) is 10.5. The predicted octanol–water partition coefficient (Wildman–Crippen LogP) is 3.79. The number of fused-ring (bicyclic) bond motifs is 1. The third-order valence-electron chi connectivity index (χ3n) is 3.01. The van der Waals surface area contributed by atoms with Gasteiger partial charge in [-0.1, -0.05) is 23.7 Å². The standard InChI is InChI=1S/C15H8ClFN2O2/c16-11-3-1-2-9-10(15(20)21)6-13(19-14(9)11)12-5-4-8(17)7-18-12/h1-7H,(H,20,21). The molecule has 2 aromatic heterocycles. The van der Waals surface area contributed by atoms with Gasteiger partial charge in [-0.3, -0.25) is 4.98 Å². The van der Waals surface area contributed by atoms with Crippen molar-refractivity contribution >= 4 is 28.5 Å². The van der Waals surface area contributed by atoms with Gasteiger partial charge in [0.25, 0.3) is 0 Å². The number of nitrogens with zero attached hydrogens (tertiary/aromatic N) is 2. The number of rotatable bonds is 2. The quantitative estimate of drug-likeness (QED) is 0.782. The van der Waals surface area contributed by atoms with Crippen molar-refractivity contribution in [2.45, 2.75) is 0 Å². The van der Waals surface area contributed by atoms with E-state index in [0.717, 1.165) is 6.20 Å². The van der Waals surface area contributed by atoms with Crippen LogP contribution in [0.25, 0.3) is 22.3 Å². The summed E-state index contributed by atoms with van der Waals surface area (Å²) in [5, 5.41) is 10.1. The lowest BCUT2D eigenvalue weighted by atomic mass is 10.1. The molecule has 6 heteroatoms. The van der Waals surface area contributed by atoms with Crippen LogP contribution in [0.4, 0.5) is 4.39 Å². The zero-order chi connectivity index (χ0) is 15.0. The van der Waals surface area contributed by atoms with Crippen molar-refractivity contribution in [2.75, 3.05) is 0 Å². The zero-order valence-corrected chi connectivity index (χ0v) is 11.3. The molecule has 0 radical (unpaired) electrons. The number of pyridine rings is 2. The molecule has 0 fully saturated rings. The third-order valence-corrected chi connectivity index (χ3v) is 3.32. The van der Waals surface area contributed by atoms with E-state index in [1.54, 1.807) is 18.2 Å². The molecule has 0 unspecified atom stereocenters. The van der Waals surface area contributed by atoms with Gasteiger partial charge >= 0.3 is 5.97 Å². The van der Waals surface area contributed by atoms with Crippen molar-refractivity contribution < 1.29 is 14.3 Å². The molecule has 0 atom stereocenters. The van der Waals surface area contributed by atoms with E-state index in [1.165, 1.54) is 18.2 Å². The average molecular weight is 303 g/mol. The van der Waals surface area contributed by atoms with Gasteiger partial charge < -0.3 is 5.11 Å². The van der Waals surface area contributed by atoms with Crippen LogP contribution in [-0.2, 0) is 0 Å². The summed E-state index contributed by atoms with van der Waals surface area (Å²) in [5.41, 5.74) is 1.15. The second-order valence-electron chi connectivity index (χ2n) is 4.36. The molecule has 0 saturated carbocycles. The summed E-state index contributed by atoms with van der Waals surface area (Å²) in [6.45, 7) is 0. The largest absolute Gasteiger partial charge is 0.478 e. The molecule has 0 saturated heterocycles. The predicted molar refractivity (Wildman–Crippen MR) is 76.9 cm³/mol. The van der Waals surface area contributed by atoms with Gasteiger partial charge in [0.05, 0.1) is 33.7 Å². The lowest BCUT2D eigenvalue weighted by Crippen LogP contribution is -2.01. The van der Waals surface area contributed by atoms with Crippen LogP contribution in [0.3, 0.4) is 0 Å². The van der Waals surface area contributed by atoms with Gasteiger partial charge in [-0.05, 0) is 24.3 Å². The SMILES string of the molecule is O=C(O)c1cc(-c2ccc(F)cn2)nc2c(Cl)cccc12. The minimum absolute atomic E-state index is 0.0728. The van der Waals surface area contributed by atoms with Gasteiger partial charge in [0.1, 0.15) is 5.82 Å². The maximum absolute atomic E-state index is 12.9. The summed E-state index contributed by atoms with van der Waals surface area (Å²) in [6.07, 6.45) is 1.05. The smallest absolute Gasteiger partial charge is 0.336 e. The number of benzene rings is 1. The van der Waals surface area contributed by atoms with Gasteiger partial charge in [0.15, 0.2) is 0 Å².